The summed E-state index contributed by atoms with van der Waals surface area (Å²) in [5, 5.41) is 0. The molecule has 0 aliphatic heterocycles. The fourth-order valence-corrected chi connectivity index (χ4v) is 4.41. The van der Waals surface area contributed by atoms with E-state index in [1.807, 2.05) is 0 Å². The quantitative estimate of drug-likeness (QED) is 0.685. The Morgan fingerprint density at radius 3 is 2.61 bits per heavy atom. The Morgan fingerprint density at radius 2 is 1.91 bits per heavy atom. The van der Waals surface area contributed by atoms with Crippen LogP contribution in [0.5, 0.6) is 0 Å². The minimum atomic E-state index is -3.89. The van der Waals surface area contributed by atoms with E-state index in [0.717, 1.165) is 11.3 Å². The van der Waals surface area contributed by atoms with Crippen LogP contribution in [0, 0.1) is 18.2 Å². The highest BCUT2D eigenvalue weighted by atomic mass is 32.2. The number of hydrogen-bond acceptors (Lipinski definition) is 3. The highest BCUT2D eigenvalue weighted by Crippen LogP contribution is 2.21. The van der Waals surface area contributed by atoms with E-state index < -0.39 is 15.8 Å². The van der Waals surface area contributed by atoms with Gasteiger partial charge in [-0.1, -0.05) is 41.5 Å². The highest BCUT2D eigenvalue weighted by Gasteiger charge is 2.15. The maximum atomic E-state index is 14.1. The van der Waals surface area contributed by atoms with Crippen molar-refractivity contribution in [3.63, 3.8) is 0 Å². The number of sulfonamides is 1. The molecule has 23 heavy (non-hydrogen) atoms. The summed E-state index contributed by atoms with van der Waals surface area (Å²) in [4.78, 5) is 0.220. The Labute approximate surface area is 136 Å². The van der Waals surface area contributed by atoms with Crippen LogP contribution in [0.2, 0.25) is 0 Å². The second-order valence-corrected chi connectivity index (χ2v) is 7.25. The highest BCUT2D eigenvalue weighted by molar-refractivity contribution is 7.90. The van der Waals surface area contributed by atoms with Crippen molar-refractivity contribution in [1.29, 1.82) is 0 Å². The topological polar surface area (TPSA) is 51.4 Å². The van der Waals surface area contributed by atoms with Crippen LogP contribution in [0.15, 0.2) is 57.8 Å². The van der Waals surface area contributed by atoms with Crippen molar-refractivity contribution in [2.45, 2.75) is 11.4 Å². The van der Waals surface area contributed by atoms with E-state index >= 15 is 0 Å². The molecule has 1 aromatic heterocycles. The molecule has 0 unspecified atom stereocenters. The number of aromatic nitrogens is 1. The molecule has 0 amide bonds. The molecule has 2 aromatic carbocycles. The third-order valence-corrected chi connectivity index (χ3v) is 5.58. The third kappa shape index (κ3) is 2.91. The summed E-state index contributed by atoms with van der Waals surface area (Å²) in [5.74, 6) is 1.94. The van der Waals surface area contributed by atoms with Gasteiger partial charge in [-0.2, -0.15) is 8.42 Å². The van der Waals surface area contributed by atoms with Crippen molar-refractivity contribution in [3.05, 3.63) is 59.1 Å². The minimum absolute atomic E-state index is 0.0318. The van der Waals surface area contributed by atoms with Gasteiger partial charge in [0.05, 0.1) is 21.7 Å². The number of benzene rings is 2. The van der Waals surface area contributed by atoms with Gasteiger partial charge in [-0.05, 0) is 24.3 Å². The molecule has 0 saturated heterocycles. The maximum absolute atomic E-state index is 14.1. The number of para-hydroxylation sites is 1. The van der Waals surface area contributed by atoms with E-state index in [0.29, 0.717) is 4.70 Å². The van der Waals surface area contributed by atoms with Gasteiger partial charge >= 0.3 is 0 Å². The molecule has 7 heteroatoms. The van der Waals surface area contributed by atoms with Crippen LogP contribution in [-0.4, -0.2) is 13.0 Å². The lowest BCUT2D eigenvalue weighted by Gasteiger charge is -2.01. The molecule has 4 nitrogen and oxygen atoms in total. The number of nitrogens with zero attached hydrogens (tertiary/aromatic N) is 2. The average Bonchev–Trinajstić information content (AvgIpc) is 2.87. The average molecular weight is 346 g/mol. The zero-order valence-electron chi connectivity index (χ0n) is 11.8. The lowest BCUT2D eigenvalue weighted by Crippen LogP contribution is -2.17. The van der Waals surface area contributed by atoms with Crippen LogP contribution in [0.3, 0.4) is 0 Å². The molecule has 1 heterocycles. The van der Waals surface area contributed by atoms with Gasteiger partial charge in [-0.25, -0.2) is 4.39 Å². The summed E-state index contributed by atoms with van der Waals surface area (Å²) in [6.45, 7) is 0.0318. The van der Waals surface area contributed by atoms with Gasteiger partial charge in [0.2, 0.25) is 4.80 Å². The molecule has 0 aliphatic carbocycles. The summed E-state index contributed by atoms with van der Waals surface area (Å²) in [6, 6.07) is 12.4. The number of terminal acetylenes is 1. The van der Waals surface area contributed by atoms with Crippen LogP contribution >= 0.6 is 11.3 Å². The van der Waals surface area contributed by atoms with Gasteiger partial charge in [0.15, 0.2) is 0 Å². The first kappa shape index (κ1) is 15.5. The number of rotatable bonds is 3. The predicted molar refractivity (Wildman–Crippen MR) is 87.8 cm³/mol. The first-order valence-electron chi connectivity index (χ1n) is 6.60. The van der Waals surface area contributed by atoms with Crippen LogP contribution in [-0.2, 0) is 16.6 Å². The van der Waals surface area contributed by atoms with Gasteiger partial charge in [0.25, 0.3) is 10.0 Å². The van der Waals surface area contributed by atoms with Crippen LogP contribution < -0.4 is 4.80 Å². The number of hydrogen-bond donors (Lipinski definition) is 0. The van der Waals surface area contributed by atoms with Crippen LogP contribution in [0.25, 0.3) is 10.2 Å². The van der Waals surface area contributed by atoms with Crippen LogP contribution in [0.4, 0.5) is 4.39 Å². The number of thiazole rings is 1. The largest absolute Gasteiger partial charge is 0.302 e. The molecule has 3 aromatic rings. The Morgan fingerprint density at radius 1 is 1.17 bits per heavy atom. The molecule has 3 rings (SSSR count). The summed E-state index contributed by atoms with van der Waals surface area (Å²) in [5.41, 5.74) is 0.262. The van der Waals surface area contributed by atoms with E-state index in [1.54, 1.807) is 30.3 Å². The lowest BCUT2D eigenvalue weighted by atomic mass is 10.3. The number of fused-ring (bicyclic) bond motifs is 1. The van der Waals surface area contributed by atoms with Gasteiger partial charge in [-0.15, -0.1) is 10.8 Å². The molecule has 0 aliphatic rings. The van der Waals surface area contributed by atoms with Crippen LogP contribution in [0.1, 0.15) is 0 Å². The second kappa shape index (κ2) is 5.99. The minimum Gasteiger partial charge on any atom is -0.302 e. The molecule has 116 valence electrons. The van der Waals surface area contributed by atoms with Gasteiger partial charge in [0.1, 0.15) is 5.82 Å². The Bertz CT molecular complexity index is 1070. The zero-order valence-corrected chi connectivity index (χ0v) is 13.4. The van der Waals surface area contributed by atoms with Crippen molar-refractivity contribution in [2.24, 2.45) is 4.40 Å². The smallest absolute Gasteiger partial charge is 0.285 e. The Balaban J connectivity index is 2.30. The van der Waals surface area contributed by atoms with Crippen molar-refractivity contribution in [3.8, 4) is 12.3 Å². The zero-order chi connectivity index (χ0) is 16.4. The maximum Gasteiger partial charge on any atom is 0.285 e. The molecule has 0 spiro atoms. The van der Waals surface area contributed by atoms with E-state index in [4.69, 9.17) is 6.42 Å². The van der Waals surface area contributed by atoms with Crippen molar-refractivity contribution in [2.75, 3.05) is 0 Å². The monoisotopic (exact) mass is 346 g/mol. The summed E-state index contributed by atoms with van der Waals surface area (Å²) in [7, 11) is -3.89. The predicted octanol–water partition coefficient (Wildman–Crippen LogP) is 2.76. The van der Waals surface area contributed by atoms with Crippen molar-refractivity contribution in [1.82, 2.24) is 4.57 Å². The normalized spacial score (nSPS) is 12.4. The third-order valence-electron chi connectivity index (χ3n) is 3.14. The molecule has 0 atom stereocenters. The van der Waals surface area contributed by atoms with E-state index in [1.165, 1.54) is 22.8 Å². The Hall–Kier alpha value is -2.43. The molecular weight excluding hydrogens is 335 g/mol. The van der Waals surface area contributed by atoms with Gasteiger partial charge in [0, 0.05) is 0 Å². The van der Waals surface area contributed by atoms with Crippen molar-refractivity contribution >= 4 is 31.6 Å². The van der Waals surface area contributed by atoms with Crippen molar-refractivity contribution < 1.29 is 12.8 Å². The first-order chi connectivity index (χ1) is 11.0. The fourth-order valence-electron chi connectivity index (χ4n) is 2.14. The molecular formula is C16H11FN2O2S2. The van der Waals surface area contributed by atoms with Gasteiger partial charge in [-0.3, -0.25) is 0 Å². The summed E-state index contributed by atoms with van der Waals surface area (Å²) < 4.78 is 44.7. The molecule has 0 bridgehead atoms. The first-order valence-corrected chi connectivity index (χ1v) is 8.86. The molecule has 0 saturated carbocycles. The lowest BCUT2D eigenvalue weighted by molar-refractivity contribution is 0.595. The Kier molecular flexibility index (Phi) is 4.03. The summed E-state index contributed by atoms with van der Waals surface area (Å²) in [6.07, 6.45) is 5.32. The standard InChI is InChI=1S/C16H11FN2O2S2/c1-2-11-19-15-13(17)9-6-10-14(15)22-16(19)18-23(20,21)12-7-4-3-5-8-12/h1,3-10H,11H2/b18-16-. The fraction of sp³-hybridized carbons (Fsp3) is 0.0625. The van der Waals surface area contributed by atoms with E-state index in [9.17, 15) is 12.8 Å². The molecule has 0 N–H and O–H groups in total. The molecule has 0 fully saturated rings. The van der Waals surface area contributed by atoms with E-state index in [2.05, 4.69) is 10.3 Å². The molecule has 0 radical (unpaired) electrons. The van der Waals surface area contributed by atoms with E-state index in [-0.39, 0.29) is 21.8 Å². The summed E-state index contributed by atoms with van der Waals surface area (Å²) >= 11 is 1.08. The second-order valence-electron chi connectivity index (χ2n) is 4.64. The SMILES string of the molecule is C#CCn1/c(=N/S(=O)(=O)c2ccccc2)sc2cccc(F)c21. The van der Waals surface area contributed by atoms with Gasteiger partial charge < -0.3 is 4.57 Å². The number of halogens is 1.